The molecule has 0 atom stereocenters. The second-order valence-electron chi connectivity index (χ2n) is 4.06. The Morgan fingerprint density at radius 1 is 1.17 bits per heavy atom. The molecule has 2 aromatic rings. The van der Waals surface area contributed by atoms with E-state index < -0.39 is 10.1 Å². The number of aryl methyl sites for hydroxylation is 3. The largest absolute Gasteiger partial charge is 0.348 e. The molecule has 2 rings (SSSR count). The zero-order chi connectivity index (χ0) is 13.3. The first kappa shape index (κ1) is 13.0. The number of aromatic nitrogens is 1. The molecule has 0 saturated heterocycles. The first-order chi connectivity index (χ1) is 8.40. The SMILES string of the molecule is Cc1cc(C)c(S(=O)(=O)Oc2nccs2)c(C)c1. The van der Waals surface area contributed by atoms with Gasteiger partial charge in [-0.3, -0.25) is 0 Å². The predicted octanol–water partition coefficient (Wildman–Crippen LogP) is 2.84. The summed E-state index contributed by atoms with van der Waals surface area (Å²) in [6.45, 7) is 5.45. The molecule has 4 nitrogen and oxygen atoms in total. The molecule has 0 spiro atoms. The normalized spacial score (nSPS) is 11.5. The Balaban J connectivity index is 2.48. The van der Waals surface area contributed by atoms with Crippen LogP contribution < -0.4 is 4.18 Å². The van der Waals surface area contributed by atoms with Gasteiger partial charge in [0.1, 0.15) is 4.90 Å². The van der Waals surface area contributed by atoms with E-state index in [0.717, 1.165) is 16.9 Å². The number of thiazole rings is 1. The fourth-order valence-corrected chi connectivity index (χ4v) is 3.95. The molecule has 1 aromatic heterocycles. The first-order valence-electron chi connectivity index (χ1n) is 5.32. The van der Waals surface area contributed by atoms with Crippen molar-refractivity contribution in [2.75, 3.05) is 0 Å². The molecule has 0 fully saturated rings. The predicted molar refractivity (Wildman–Crippen MR) is 70.6 cm³/mol. The van der Waals surface area contributed by atoms with Gasteiger partial charge in [0.15, 0.2) is 0 Å². The zero-order valence-electron chi connectivity index (χ0n) is 10.3. The van der Waals surface area contributed by atoms with Crippen molar-refractivity contribution in [3.8, 4) is 5.19 Å². The molecule has 0 saturated carbocycles. The summed E-state index contributed by atoms with van der Waals surface area (Å²) in [6.07, 6.45) is 1.50. The maximum Gasteiger partial charge on any atom is 0.341 e. The second-order valence-corrected chi connectivity index (χ2v) is 6.40. The third kappa shape index (κ3) is 2.54. The fourth-order valence-electron chi connectivity index (χ4n) is 1.95. The van der Waals surface area contributed by atoms with Crippen molar-refractivity contribution in [1.82, 2.24) is 4.98 Å². The van der Waals surface area contributed by atoms with Gasteiger partial charge < -0.3 is 4.18 Å². The second kappa shape index (κ2) is 4.70. The van der Waals surface area contributed by atoms with Gasteiger partial charge in [0.05, 0.1) is 0 Å². The first-order valence-corrected chi connectivity index (χ1v) is 7.61. The van der Waals surface area contributed by atoms with Crippen LogP contribution in [-0.4, -0.2) is 13.4 Å². The van der Waals surface area contributed by atoms with Gasteiger partial charge in [-0.25, -0.2) is 4.98 Å². The van der Waals surface area contributed by atoms with Gasteiger partial charge in [-0.05, 0) is 31.9 Å². The van der Waals surface area contributed by atoms with Crippen LogP contribution in [0.15, 0.2) is 28.6 Å². The van der Waals surface area contributed by atoms with E-state index in [1.807, 2.05) is 19.1 Å². The van der Waals surface area contributed by atoms with E-state index in [0.29, 0.717) is 11.1 Å². The molecule has 0 unspecified atom stereocenters. The molecule has 0 bridgehead atoms. The molecule has 0 aliphatic carbocycles. The summed E-state index contributed by atoms with van der Waals surface area (Å²) < 4.78 is 29.4. The summed E-state index contributed by atoms with van der Waals surface area (Å²) in [5, 5.41) is 1.80. The van der Waals surface area contributed by atoms with Crippen LogP contribution in [0, 0.1) is 20.8 Å². The van der Waals surface area contributed by atoms with Crippen molar-refractivity contribution in [2.24, 2.45) is 0 Å². The molecule has 18 heavy (non-hydrogen) atoms. The maximum atomic E-state index is 12.2. The minimum Gasteiger partial charge on any atom is -0.348 e. The number of nitrogens with zero attached hydrogens (tertiary/aromatic N) is 1. The monoisotopic (exact) mass is 283 g/mol. The van der Waals surface area contributed by atoms with Gasteiger partial charge in [-0.2, -0.15) is 8.42 Å². The smallest absolute Gasteiger partial charge is 0.341 e. The number of rotatable bonds is 3. The Labute approximate surface area is 110 Å². The van der Waals surface area contributed by atoms with Crippen LogP contribution in [0.3, 0.4) is 0 Å². The highest BCUT2D eigenvalue weighted by atomic mass is 32.2. The van der Waals surface area contributed by atoms with Gasteiger partial charge >= 0.3 is 10.1 Å². The Kier molecular flexibility index (Phi) is 3.41. The van der Waals surface area contributed by atoms with E-state index in [9.17, 15) is 8.42 Å². The highest BCUT2D eigenvalue weighted by Gasteiger charge is 2.23. The van der Waals surface area contributed by atoms with Crippen LogP contribution in [-0.2, 0) is 10.1 Å². The molecule has 0 radical (unpaired) electrons. The average Bonchev–Trinajstić information content (AvgIpc) is 2.66. The number of hydrogen-bond acceptors (Lipinski definition) is 5. The van der Waals surface area contributed by atoms with E-state index in [4.69, 9.17) is 4.18 Å². The molecule has 1 aromatic carbocycles. The standard InChI is InChI=1S/C12H13NO3S2/c1-8-6-9(2)11(10(3)7-8)18(14,15)16-12-13-4-5-17-12/h4-7H,1-3H3. The molecule has 0 aliphatic heterocycles. The Morgan fingerprint density at radius 3 is 2.28 bits per heavy atom. The fraction of sp³-hybridized carbons (Fsp3) is 0.250. The lowest BCUT2D eigenvalue weighted by Gasteiger charge is -2.11. The molecule has 0 aliphatic rings. The van der Waals surface area contributed by atoms with Crippen molar-refractivity contribution in [3.05, 3.63) is 40.4 Å². The van der Waals surface area contributed by atoms with E-state index in [1.54, 1.807) is 19.2 Å². The van der Waals surface area contributed by atoms with E-state index in [2.05, 4.69) is 4.98 Å². The van der Waals surface area contributed by atoms with Crippen molar-refractivity contribution in [2.45, 2.75) is 25.7 Å². The molecule has 6 heteroatoms. The minimum absolute atomic E-state index is 0.134. The van der Waals surface area contributed by atoms with Crippen LogP contribution in [0.5, 0.6) is 5.19 Å². The highest BCUT2D eigenvalue weighted by molar-refractivity contribution is 7.87. The van der Waals surface area contributed by atoms with E-state index >= 15 is 0 Å². The lowest BCUT2D eigenvalue weighted by molar-refractivity contribution is 0.483. The van der Waals surface area contributed by atoms with Crippen molar-refractivity contribution < 1.29 is 12.6 Å². The van der Waals surface area contributed by atoms with E-state index in [1.165, 1.54) is 6.20 Å². The maximum absolute atomic E-state index is 12.2. The lowest BCUT2D eigenvalue weighted by atomic mass is 10.1. The lowest BCUT2D eigenvalue weighted by Crippen LogP contribution is -2.13. The average molecular weight is 283 g/mol. The summed E-state index contributed by atoms with van der Waals surface area (Å²) in [6, 6.07) is 3.65. The molecule has 1 heterocycles. The van der Waals surface area contributed by atoms with Crippen LogP contribution >= 0.6 is 11.3 Å². The van der Waals surface area contributed by atoms with Gasteiger partial charge in [0.25, 0.3) is 5.19 Å². The zero-order valence-corrected chi connectivity index (χ0v) is 11.9. The Morgan fingerprint density at radius 2 is 1.78 bits per heavy atom. The van der Waals surface area contributed by atoms with Gasteiger partial charge in [-0.1, -0.05) is 29.0 Å². The van der Waals surface area contributed by atoms with Crippen LogP contribution in [0.4, 0.5) is 0 Å². The van der Waals surface area contributed by atoms with Crippen molar-refractivity contribution in [3.63, 3.8) is 0 Å². The minimum atomic E-state index is -3.81. The summed E-state index contributed by atoms with van der Waals surface area (Å²) in [5.41, 5.74) is 2.39. The quantitative estimate of drug-likeness (QED) is 0.813. The molecular formula is C12H13NO3S2. The van der Waals surface area contributed by atoms with Crippen molar-refractivity contribution in [1.29, 1.82) is 0 Å². The Hall–Kier alpha value is -1.40. The summed E-state index contributed by atoms with van der Waals surface area (Å²) in [7, 11) is -3.81. The van der Waals surface area contributed by atoms with Crippen LogP contribution in [0.2, 0.25) is 0 Å². The summed E-state index contributed by atoms with van der Waals surface area (Å²) in [5.74, 6) is 0. The van der Waals surface area contributed by atoms with Crippen LogP contribution in [0.1, 0.15) is 16.7 Å². The summed E-state index contributed by atoms with van der Waals surface area (Å²) in [4.78, 5) is 4.05. The van der Waals surface area contributed by atoms with Crippen LogP contribution in [0.25, 0.3) is 0 Å². The molecule has 0 N–H and O–H groups in total. The number of hydrogen-bond donors (Lipinski definition) is 0. The molecular weight excluding hydrogens is 270 g/mol. The molecule has 0 amide bonds. The highest BCUT2D eigenvalue weighted by Crippen LogP contribution is 2.26. The van der Waals surface area contributed by atoms with E-state index in [-0.39, 0.29) is 10.1 Å². The third-order valence-electron chi connectivity index (χ3n) is 2.45. The summed E-state index contributed by atoms with van der Waals surface area (Å²) >= 11 is 1.15. The van der Waals surface area contributed by atoms with Gasteiger partial charge in [0, 0.05) is 11.6 Å². The molecule has 96 valence electrons. The topological polar surface area (TPSA) is 56.3 Å². The van der Waals surface area contributed by atoms with Gasteiger partial charge in [-0.15, -0.1) is 0 Å². The van der Waals surface area contributed by atoms with Crippen molar-refractivity contribution >= 4 is 21.5 Å². The third-order valence-corrected chi connectivity index (χ3v) is 4.72. The van der Waals surface area contributed by atoms with Gasteiger partial charge in [0.2, 0.25) is 0 Å². The number of benzene rings is 1. The Bertz CT molecular complexity index is 638.